The summed E-state index contributed by atoms with van der Waals surface area (Å²) in [5, 5.41) is 3.47. The number of hydrogen-bond donors (Lipinski definition) is 1. The van der Waals surface area contributed by atoms with E-state index in [2.05, 4.69) is 52.4 Å². The van der Waals surface area contributed by atoms with Gasteiger partial charge in [0.2, 0.25) is 0 Å². The molecule has 0 amide bonds. The maximum absolute atomic E-state index is 12.4. The van der Waals surface area contributed by atoms with E-state index in [0.29, 0.717) is 24.3 Å². The Morgan fingerprint density at radius 3 is 2.67 bits per heavy atom. The predicted molar refractivity (Wildman–Crippen MR) is 128 cm³/mol. The molecule has 5 nitrogen and oxygen atoms in total. The lowest BCUT2D eigenvalue weighted by Crippen LogP contribution is -2.56. The van der Waals surface area contributed by atoms with E-state index in [1.165, 1.54) is 31.4 Å². The van der Waals surface area contributed by atoms with Gasteiger partial charge in [0.15, 0.2) is 5.96 Å². The molecule has 168 valence electrons. The minimum atomic E-state index is -0.854. The number of nitrogens with one attached hydrogen (secondary N) is 1. The minimum absolute atomic E-state index is 0.170. The van der Waals surface area contributed by atoms with E-state index in [-0.39, 0.29) is 4.75 Å². The van der Waals surface area contributed by atoms with Crippen molar-refractivity contribution < 1.29 is 4.21 Å². The summed E-state index contributed by atoms with van der Waals surface area (Å²) in [6, 6.07) is 11.6. The molecule has 30 heavy (non-hydrogen) atoms. The summed E-state index contributed by atoms with van der Waals surface area (Å²) >= 11 is 0. The Bertz CT molecular complexity index is 716. The first-order chi connectivity index (χ1) is 14.4. The molecule has 1 aromatic rings. The van der Waals surface area contributed by atoms with E-state index in [1.807, 2.05) is 20.8 Å². The van der Waals surface area contributed by atoms with Crippen LogP contribution < -0.4 is 5.32 Å². The van der Waals surface area contributed by atoms with Gasteiger partial charge in [0.25, 0.3) is 0 Å². The van der Waals surface area contributed by atoms with Crippen LogP contribution in [0.1, 0.15) is 52.5 Å². The Labute approximate surface area is 185 Å². The monoisotopic (exact) mass is 432 g/mol. The average Bonchev–Trinajstić information content (AvgIpc) is 2.73. The molecule has 1 aromatic carbocycles. The van der Waals surface area contributed by atoms with Crippen molar-refractivity contribution in [2.45, 2.75) is 64.3 Å². The summed E-state index contributed by atoms with van der Waals surface area (Å²) in [5.74, 6) is 2.33. The molecule has 0 spiro atoms. The fourth-order valence-electron chi connectivity index (χ4n) is 4.68. The maximum Gasteiger partial charge on any atom is 0.193 e. The lowest BCUT2D eigenvalue weighted by Gasteiger charge is -2.48. The molecular weight excluding hydrogens is 392 g/mol. The third-order valence-corrected chi connectivity index (χ3v) is 8.19. The largest absolute Gasteiger partial charge is 0.357 e. The van der Waals surface area contributed by atoms with Crippen LogP contribution in [0.15, 0.2) is 35.3 Å². The van der Waals surface area contributed by atoms with E-state index < -0.39 is 10.8 Å². The van der Waals surface area contributed by atoms with Crippen LogP contribution in [0, 0.1) is 5.92 Å². The molecule has 0 bridgehead atoms. The topological polar surface area (TPSA) is 47.9 Å². The second kappa shape index (κ2) is 10.8. The smallest absolute Gasteiger partial charge is 0.193 e. The number of aliphatic imine (C=N–C) groups is 1. The second-order valence-corrected chi connectivity index (χ2v) is 11.9. The van der Waals surface area contributed by atoms with Crippen LogP contribution in [-0.4, -0.2) is 69.2 Å². The molecule has 3 unspecified atom stereocenters. The van der Waals surface area contributed by atoms with Gasteiger partial charge in [-0.3, -0.25) is 14.1 Å². The van der Waals surface area contributed by atoms with Crippen LogP contribution in [0.3, 0.4) is 0 Å². The molecule has 1 N–H and O–H groups in total. The fourth-order valence-corrected chi connectivity index (χ4v) is 5.55. The fraction of sp³-hybridized carbons (Fsp3) is 0.708. The number of likely N-dealkylation sites (tertiary alicyclic amines) is 2. The SMILES string of the molecule is CCNC(=NCCS(=O)C(C)(C)C)N1CCC2C(CCCN2Cc2ccccc2)C1. The van der Waals surface area contributed by atoms with Gasteiger partial charge in [-0.05, 0) is 65.0 Å². The van der Waals surface area contributed by atoms with Gasteiger partial charge in [0.1, 0.15) is 0 Å². The lowest BCUT2D eigenvalue weighted by atomic mass is 9.83. The van der Waals surface area contributed by atoms with Crippen molar-refractivity contribution in [2.75, 3.05) is 38.5 Å². The van der Waals surface area contributed by atoms with E-state index in [9.17, 15) is 4.21 Å². The lowest BCUT2D eigenvalue weighted by molar-refractivity contribution is 0.0372. The molecular formula is C24H40N4OS. The number of hydrogen-bond acceptors (Lipinski definition) is 3. The predicted octanol–water partition coefficient (Wildman–Crippen LogP) is 3.49. The first-order valence-corrected chi connectivity index (χ1v) is 12.9. The number of fused-ring (bicyclic) bond motifs is 1. The highest BCUT2D eigenvalue weighted by molar-refractivity contribution is 7.86. The van der Waals surface area contributed by atoms with Gasteiger partial charge >= 0.3 is 0 Å². The number of nitrogens with zero attached hydrogens (tertiary/aromatic N) is 3. The summed E-state index contributed by atoms with van der Waals surface area (Å²) in [5.41, 5.74) is 1.42. The standard InChI is InChI=1S/C24H40N4OS/c1-5-25-23(26-14-17-30(29)24(2,3)4)28-16-13-22-21(19-28)12-9-15-27(22)18-20-10-7-6-8-11-20/h6-8,10-11,21-22H,5,9,12-19H2,1-4H3,(H,25,26). The van der Waals surface area contributed by atoms with E-state index in [4.69, 9.17) is 4.99 Å². The van der Waals surface area contributed by atoms with Crippen molar-refractivity contribution in [3.8, 4) is 0 Å². The van der Waals surface area contributed by atoms with E-state index >= 15 is 0 Å². The molecule has 2 saturated heterocycles. The molecule has 2 aliphatic heterocycles. The molecule has 2 aliphatic rings. The Kier molecular flexibility index (Phi) is 8.35. The van der Waals surface area contributed by atoms with Crippen LogP contribution in [0.2, 0.25) is 0 Å². The first-order valence-electron chi connectivity index (χ1n) is 11.6. The third kappa shape index (κ3) is 6.30. The molecule has 0 aromatic heterocycles. The van der Waals surface area contributed by atoms with Crippen LogP contribution in [0.5, 0.6) is 0 Å². The van der Waals surface area contributed by atoms with Gasteiger partial charge in [-0.15, -0.1) is 0 Å². The quantitative estimate of drug-likeness (QED) is 0.552. The van der Waals surface area contributed by atoms with Crippen molar-refractivity contribution in [1.82, 2.24) is 15.1 Å². The highest BCUT2D eigenvalue weighted by atomic mass is 32.2. The van der Waals surface area contributed by atoms with Crippen molar-refractivity contribution in [3.63, 3.8) is 0 Å². The molecule has 6 heteroatoms. The summed E-state index contributed by atoms with van der Waals surface area (Å²) in [6.07, 6.45) is 3.77. The Balaban J connectivity index is 1.60. The van der Waals surface area contributed by atoms with Gasteiger partial charge in [-0.2, -0.15) is 0 Å². The molecule has 0 aliphatic carbocycles. The zero-order valence-corrected chi connectivity index (χ0v) is 20.1. The van der Waals surface area contributed by atoms with E-state index in [1.54, 1.807) is 0 Å². The average molecular weight is 433 g/mol. The molecule has 3 rings (SSSR count). The zero-order chi connectivity index (χ0) is 21.6. The third-order valence-electron chi connectivity index (χ3n) is 6.27. The Morgan fingerprint density at radius 2 is 1.97 bits per heavy atom. The van der Waals surface area contributed by atoms with Crippen molar-refractivity contribution in [1.29, 1.82) is 0 Å². The Morgan fingerprint density at radius 1 is 1.20 bits per heavy atom. The summed E-state index contributed by atoms with van der Waals surface area (Å²) in [7, 11) is -0.854. The highest BCUT2D eigenvalue weighted by Gasteiger charge is 2.36. The first kappa shape index (κ1) is 23.3. The number of piperidine rings is 2. The Hall–Kier alpha value is -1.40. The van der Waals surface area contributed by atoms with Crippen molar-refractivity contribution in [3.05, 3.63) is 35.9 Å². The number of guanidine groups is 1. The van der Waals surface area contributed by atoms with Crippen LogP contribution in [0.25, 0.3) is 0 Å². The maximum atomic E-state index is 12.4. The van der Waals surface area contributed by atoms with Crippen LogP contribution >= 0.6 is 0 Å². The normalized spacial score (nSPS) is 24.4. The molecule has 2 fully saturated rings. The molecule has 3 atom stereocenters. The van der Waals surface area contributed by atoms with Gasteiger partial charge in [0, 0.05) is 53.5 Å². The number of benzene rings is 1. The van der Waals surface area contributed by atoms with Crippen molar-refractivity contribution in [2.24, 2.45) is 10.9 Å². The van der Waals surface area contributed by atoms with E-state index in [0.717, 1.165) is 32.1 Å². The van der Waals surface area contributed by atoms with Crippen LogP contribution in [-0.2, 0) is 17.3 Å². The van der Waals surface area contributed by atoms with Gasteiger partial charge < -0.3 is 10.2 Å². The highest BCUT2D eigenvalue weighted by Crippen LogP contribution is 2.31. The summed E-state index contributed by atoms with van der Waals surface area (Å²) in [4.78, 5) is 9.99. The van der Waals surface area contributed by atoms with Gasteiger partial charge in [0.05, 0.1) is 6.54 Å². The van der Waals surface area contributed by atoms with Gasteiger partial charge in [-0.1, -0.05) is 30.3 Å². The molecule has 0 radical (unpaired) electrons. The zero-order valence-electron chi connectivity index (χ0n) is 19.3. The summed E-state index contributed by atoms with van der Waals surface area (Å²) < 4.78 is 12.2. The molecule has 0 saturated carbocycles. The second-order valence-electron chi connectivity index (χ2n) is 9.56. The van der Waals surface area contributed by atoms with Gasteiger partial charge in [-0.25, -0.2) is 0 Å². The van der Waals surface area contributed by atoms with Crippen molar-refractivity contribution >= 4 is 16.8 Å². The molecule has 2 heterocycles. The summed E-state index contributed by atoms with van der Waals surface area (Å²) in [6.45, 7) is 14.1. The van der Waals surface area contributed by atoms with Crippen LogP contribution in [0.4, 0.5) is 0 Å². The minimum Gasteiger partial charge on any atom is -0.357 e. The number of rotatable bonds is 6.